The molecule has 248 valence electrons. The van der Waals surface area contributed by atoms with E-state index >= 15 is 0 Å². The summed E-state index contributed by atoms with van der Waals surface area (Å²) in [6.45, 7) is 2.07. The first-order valence-electron chi connectivity index (χ1n) is 15.8. The average Bonchev–Trinajstić information content (AvgIpc) is 3.56. The maximum atomic E-state index is 12.3. The highest BCUT2D eigenvalue weighted by molar-refractivity contribution is 8.01. The smallest absolute Gasteiger partial charge is 0.325 e. The van der Waals surface area contributed by atoms with Crippen molar-refractivity contribution in [3.8, 4) is 11.1 Å². The second-order valence-corrected chi connectivity index (χ2v) is 13.5. The number of fused-ring (bicyclic) bond motifs is 1. The van der Waals surface area contributed by atoms with Crippen LogP contribution in [0.1, 0.15) is 48.0 Å². The molecule has 5 aromatic rings. The summed E-state index contributed by atoms with van der Waals surface area (Å²) in [5.41, 5.74) is 6.70. The number of hydrogen-bond donors (Lipinski definition) is 3. The third-order valence-electron chi connectivity index (χ3n) is 7.93. The van der Waals surface area contributed by atoms with Crippen LogP contribution in [-0.2, 0) is 32.2 Å². The van der Waals surface area contributed by atoms with Crippen molar-refractivity contribution in [2.24, 2.45) is 0 Å². The molecule has 2 heterocycles. The van der Waals surface area contributed by atoms with E-state index in [4.69, 9.17) is 19.2 Å². The van der Waals surface area contributed by atoms with Crippen molar-refractivity contribution in [1.29, 1.82) is 0 Å². The Bertz CT molecular complexity index is 1800. The molecule has 1 saturated heterocycles. The van der Waals surface area contributed by atoms with Crippen LogP contribution in [0.5, 0.6) is 0 Å². The Balaban J connectivity index is 1.15. The summed E-state index contributed by atoms with van der Waals surface area (Å²) in [5.74, 6) is 0.250. The number of carbonyl (C=O) groups excluding carboxylic acids is 2. The Morgan fingerprint density at radius 1 is 0.938 bits per heavy atom. The first kappa shape index (κ1) is 33.6. The zero-order chi connectivity index (χ0) is 33.3. The first-order chi connectivity index (χ1) is 23.5. The second kappa shape index (κ2) is 16.2. The highest BCUT2D eigenvalue weighted by Crippen LogP contribution is 2.40. The molecule has 4 aromatic carbocycles. The number of aliphatic hydroxyl groups is 1. The molecular weight excluding hydrogens is 647 g/mol. The summed E-state index contributed by atoms with van der Waals surface area (Å²) in [6, 6.07) is 31.6. The second-order valence-electron chi connectivity index (χ2n) is 11.2. The van der Waals surface area contributed by atoms with Crippen LogP contribution in [0.25, 0.3) is 21.3 Å². The van der Waals surface area contributed by atoms with Gasteiger partial charge in [0, 0.05) is 24.3 Å². The SMILES string of the molecule is CCOC(=O)CNC(=O)NCc1ccccc1-c1ccc([C@@H]2O[C@H](CSc3nc4ccccc4s3)C[C@H](c3ccc(CO)cc3)O2)cc1. The number of thioether (sulfide) groups is 1. The molecule has 3 atom stereocenters. The maximum Gasteiger partial charge on any atom is 0.325 e. The van der Waals surface area contributed by atoms with E-state index in [1.54, 1.807) is 30.0 Å². The number of amides is 2. The monoisotopic (exact) mass is 683 g/mol. The molecule has 3 N–H and O–H groups in total. The Hall–Kier alpha value is -4.26. The van der Waals surface area contributed by atoms with Gasteiger partial charge in [-0.2, -0.15) is 0 Å². The van der Waals surface area contributed by atoms with Gasteiger partial charge in [0.2, 0.25) is 0 Å². The van der Waals surface area contributed by atoms with Crippen LogP contribution < -0.4 is 10.6 Å². The number of benzene rings is 4. The summed E-state index contributed by atoms with van der Waals surface area (Å²) in [6.07, 6.45) is -0.140. The molecule has 0 spiro atoms. The van der Waals surface area contributed by atoms with Crippen LogP contribution in [0, 0.1) is 0 Å². The van der Waals surface area contributed by atoms with Gasteiger partial charge in [0.05, 0.1) is 35.6 Å². The van der Waals surface area contributed by atoms with Crippen molar-refractivity contribution < 1.29 is 28.9 Å². The van der Waals surface area contributed by atoms with Gasteiger partial charge in [-0.3, -0.25) is 4.79 Å². The Morgan fingerprint density at radius 3 is 2.46 bits per heavy atom. The number of urea groups is 1. The molecule has 48 heavy (non-hydrogen) atoms. The molecule has 1 fully saturated rings. The predicted molar refractivity (Wildman–Crippen MR) is 188 cm³/mol. The van der Waals surface area contributed by atoms with Crippen molar-refractivity contribution in [1.82, 2.24) is 15.6 Å². The van der Waals surface area contributed by atoms with Gasteiger partial charge in [-0.15, -0.1) is 11.3 Å². The highest BCUT2D eigenvalue weighted by Gasteiger charge is 2.32. The van der Waals surface area contributed by atoms with Gasteiger partial charge in [0.1, 0.15) is 6.54 Å². The van der Waals surface area contributed by atoms with Crippen molar-refractivity contribution in [3.05, 3.63) is 119 Å². The molecule has 0 aliphatic carbocycles. The molecule has 1 aliphatic heterocycles. The number of nitrogens with one attached hydrogen (secondary N) is 2. The van der Waals surface area contributed by atoms with Crippen LogP contribution in [0.3, 0.4) is 0 Å². The number of esters is 1. The largest absolute Gasteiger partial charge is 0.465 e. The highest BCUT2D eigenvalue weighted by atomic mass is 32.2. The average molecular weight is 684 g/mol. The van der Waals surface area contributed by atoms with E-state index in [1.807, 2.05) is 91.0 Å². The number of para-hydroxylation sites is 1. The quantitative estimate of drug-likeness (QED) is 0.0937. The zero-order valence-electron chi connectivity index (χ0n) is 26.5. The van der Waals surface area contributed by atoms with E-state index in [0.29, 0.717) is 6.42 Å². The third kappa shape index (κ3) is 8.60. The maximum absolute atomic E-state index is 12.3. The number of nitrogens with zero attached hydrogens (tertiary/aromatic N) is 1. The van der Waals surface area contributed by atoms with E-state index in [0.717, 1.165) is 49.0 Å². The molecule has 0 unspecified atom stereocenters. The Kier molecular flexibility index (Phi) is 11.4. The summed E-state index contributed by atoms with van der Waals surface area (Å²) < 4.78 is 20.2. The fourth-order valence-electron chi connectivity index (χ4n) is 5.48. The summed E-state index contributed by atoms with van der Waals surface area (Å²) in [5, 5.41) is 14.9. The first-order valence-corrected chi connectivity index (χ1v) is 17.6. The fraction of sp³-hybridized carbons (Fsp3) is 0.270. The summed E-state index contributed by atoms with van der Waals surface area (Å²) in [7, 11) is 0. The van der Waals surface area contributed by atoms with Gasteiger partial charge >= 0.3 is 12.0 Å². The number of rotatable bonds is 12. The van der Waals surface area contributed by atoms with E-state index in [9.17, 15) is 14.7 Å². The number of thiazole rings is 1. The van der Waals surface area contributed by atoms with Gasteiger partial charge in [-0.1, -0.05) is 96.7 Å². The minimum absolute atomic E-state index is 0.00675. The van der Waals surface area contributed by atoms with E-state index < -0.39 is 18.3 Å². The van der Waals surface area contributed by atoms with E-state index in [-0.39, 0.29) is 38.5 Å². The van der Waals surface area contributed by atoms with Crippen LogP contribution in [0.15, 0.2) is 101 Å². The van der Waals surface area contributed by atoms with Crippen molar-refractivity contribution in [2.45, 2.75) is 49.3 Å². The van der Waals surface area contributed by atoms with Gasteiger partial charge in [-0.25, -0.2) is 9.78 Å². The van der Waals surface area contributed by atoms with E-state index in [1.165, 1.54) is 4.70 Å². The normalized spacial score (nSPS) is 17.6. The van der Waals surface area contributed by atoms with Crippen LogP contribution in [-0.4, -0.2) is 47.1 Å². The van der Waals surface area contributed by atoms with Crippen LogP contribution in [0.4, 0.5) is 4.79 Å². The standard InChI is InChI=1S/C37H37N3O6S2/c1-2-44-34(42)21-39-36(43)38-20-28-7-3-4-8-30(28)25-15-17-27(18-16-25)35-45-29(19-32(46-35)26-13-11-24(22-41)12-14-26)23-47-37-40-31-9-5-6-10-33(31)48-37/h3-18,29,32,35,41H,2,19-23H2,1H3,(H2,38,39,43)/t29-,32+,35+/m0/s1. The topological polar surface area (TPSA) is 119 Å². The summed E-state index contributed by atoms with van der Waals surface area (Å²) in [4.78, 5) is 28.6. The lowest BCUT2D eigenvalue weighted by Gasteiger charge is -2.36. The molecule has 1 aromatic heterocycles. The molecular formula is C37H37N3O6S2. The third-order valence-corrected chi connectivity index (χ3v) is 10.2. The predicted octanol–water partition coefficient (Wildman–Crippen LogP) is 7.16. The van der Waals surface area contributed by atoms with Crippen LogP contribution in [0.2, 0.25) is 0 Å². The molecule has 0 radical (unpaired) electrons. The zero-order valence-corrected chi connectivity index (χ0v) is 28.1. The summed E-state index contributed by atoms with van der Waals surface area (Å²) >= 11 is 3.40. The molecule has 0 bridgehead atoms. The van der Waals surface area contributed by atoms with Crippen LogP contribution >= 0.6 is 23.1 Å². The Morgan fingerprint density at radius 2 is 1.69 bits per heavy atom. The van der Waals surface area contributed by atoms with Gasteiger partial charge in [0.15, 0.2) is 10.6 Å². The molecule has 11 heteroatoms. The number of aliphatic hydroxyl groups excluding tert-OH is 1. The molecule has 6 rings (SSSR count). The molecule has 0 saturated carbocycles. The van der Waals surface area contributed by atoms with Gasteiger partial charge in [0.25, 0.3) is 0 Å². The van der Waals surface area contributed by atoms with Crippen molar-refractivity contribution in [3.63, 3.8) is 0 Å². The number of aromatic nitrogens is 1. The lowest BCUT2D eigenvalue weighted by molar-refractivity contribution is -0.245. The number of ether oxygens (including phenoxy) is 3. The number of carbonyl (C=O) groups is 2. The molecule has 9 nitrogen and oxygen atoms in total. The molecule has 1 aliphatic rings. The van der Waals surface area contributed by atoms with E-state index in [2.05, 4.69) is 16.7 Å². The Labute approximate surface area is 287 Å². The van der Waals surface area contributed by atoms with Crippen molar-refractivity contribution >= 4 is 45.3 Å². The minimum Gasteiger partial charge on any atom is -0.465 e. The lowest BCUT2D eigenvalue weighted by atomic mass is 9.98. The molecule has 2 amide bonds. The van der Waals surface area contributed by atoms with Crippen molar-refractivity contribution in [2.75, 3.05) is 18.9 Å². The lowest BCUT2D eigenvalue weighted by Crippen LogP contribution is -2.38. The number of hydrogen-bond acceptors (Lipinski definition) is 9. The fourth-order valence-corrected chi connectivity index (χ4v) is 7.59. The van der Waals surface area contributed by atoms with Gasteiger partial charge in [-0.05, 0) is 46.9 Å². The van der Waals surface area contributed by atoms with Gasteiger partial charge < -0.3 is 30.0 Å². The minimum atomic E-state index is -0.573.